The fraction of sp³-hybridized carbons (Fsp3) is 0.400. The number of carbonyl (C=O) groups excluding carboxylic acids is 1. The van der Waals surface area contributed by atoms with Crippen LogP contribution in [-0.4, -0.2) is 65.5 Å². The first kappa shape index (κ1) is 28.7. The number of likely N-dealkylation sites (N-methyl/N-ethyl adjacent to an activating group) is 1. The highest BCUT2D eigenvalue weighted by atomic mass is 16.7. The van der Waals surface area contributed by atoms with Gasteiger partial charge in [0.1, 0.15) is 6.61 Å². The van der Waals surface area contributed by atoms with Crippen molar-refractivity contribution in [2.75, 3.05) is 33.3 Å². The Morgan fingerprint density at radius 1 is 0.932 bits per heavy atom. The zero-order valence-electron chi connectivity index (χ0n) is 25.1. The average Bonchev–Trinajstić information content (AvgIpc) is 3.70. The van der Waals surface area contributed by atoms with Gasteiger partial charge in [-0.3, -0.25) is 4.84 Å². The summed E-state index contributed by atoms with van der Waals surface area (Å²) >= 11 is 0. The van der Waals surface area contributed by atoms with Crippen LogP contribution in [0.5, 0.6) is 0 Å². The van der Waals surface area contributed by atoms with Crippen LogP contribution in [0, 0.1) is 0 Å². The number of carbonyl (C=O) groups is 1. The Kier molecular flexibility index (Phi) is 8.41. The van der Waals surface area contributed by atoms with E-state index < -0.39 is 0 Å². The molecule has 3 aliphatic rings. The number of fused-ring (bicyclic) bond motifs is 3. The van der Waals surface area contributed by atoms with Gasteiger partial charge in [0.2, 0.25) is 5.89 Å². The van der Waals surface area contributed by atoms with Gasteiger partial charge in [-0.25, -0.2) is 4.79 Å². The Balaban J connectivity index is 0.870. The maximum absolute atomic E-state index is 13.1. The molecule has 0 spiro atoms. The van der Waals surface area contributed by atoms with E-state index in [-0.39, 0.29) is 30.0 Å². The van der Waals surface area contributed by atoms with Crippen molar-refractivity contribution in [3.8, 4) is 11.1 Å². The second-order valence-corrected chi connectivity index (χ2v) is 12.1. The number of aromatic nitrogens is 2. The number of amides is 1. The van der Waals surface area contributed by atoms with Crippen molar-refractivity contribution in [1.82, 2.24) is 25.4 Å². The lowest BCUT2D eigenvalue weighted by Gasteiger charge is -2.33. The van der Waals surface area contributed by atoms with E-state index >= 15 is 0 Å². The molecule has 0 unspecified atom stereocenters. The van der Waals surface area contributed by atoms with Crippen LogP contribution in [0.25, 0.3) is 11.1 Å². The summed E-state index contributed by atoms with van der Waals surface area (Å²) < 4.78 is 11.6. The quantitative estimate of drug-likeness (QED) is 0.247. The molecular weight excluding hydrogens is 554 g/mol. The summed E-state index contributed by atoms with van der Waals surface area (Å²) in [6, 6.07) is 27.3. The molecule has 3 heterocycles. The first-order valence-electron chi connectivity index (χ1n) is 15.7. The van der Waals surface area contributed by atoms with E-state index in [9.17, 15) is 4.79 Å². The standard InChI is InChI=1S/C35H39N5O4/c1-39(43-22-24-9-3-2-4-10-24)26-15-16-32(36-21-26)33-37-34(44-38-33)25-17-19-40(20-18-25)35(41)42-23-31-29-13-7-5-11-27(29)28-12-6-8-14-30(28)31/h2-14,25-26,31-32,36H,15-23H2,1H3/t26-,32+/m1/s1. The molecule has 1 aromatic heterocycles. The Hall–Kier alpha value is -4.05. The van der Waals surface area contributed by atoms with Gasteiger partial charge in [0.25, 0.3) is 0 Å². The van der Waals surface area contributed by atoms with E-state index in [1.54, 1.807) is 4.90 Å². The number of nitrogens with zero attached hydrogens (tertiary/aromatic N) is 4. The van der Waals surface area contributed by atoms with Crippen LogP contribution in [0.1, 0.15) is 72.0 Å². The Morgan fingerprint density at radius 2 is 1.61 bits per heavy atom. The molecule has 7 rings (SSSR count). The zero-order chi connectivity index (χ0) is 29.9. The Morgan fingerprint density at radius 3 is 2.30 bits per heavy atom. The molecule has 2 fully saturated rings. The molecule has 0 radical (unpaired) electrons. The fourth-order valence-electron chi connectivity index (χ4n) is 6.78. The molecule has 1 amide bonds. The maximum Gasteiger partial charge on any atom is 0.409 e. The highest BCUT2D eigenvalue weighted by Gasteiger charge is 2.33. The van der Waals surface area contributed by atoms with Crippen LogP contribution >= 0.6 is 0 Å². The average molecular weight is 594 g/mol. The third kappa shape index (κ3) is 6.00. The summed E-state index contributed by atoms with van der Waals surface area (Å²) in [4.78, 5) is 25.6. The van der Waals surface area contributed by atoms with Crippen molar-refractivity contribution in [3.63, 3.8) is 0 Å². The van der Waals surface area contributed by atoms with Crippen molar-refractivity contribution in [2.24, 2.45) is 0 Å². The van der Waals surface area contributed by atoms with Crippen molar-refractivity contribution >= 4 is 6.09 Å². The van der Waals surface area contributed by atoms with E-state index in [0.717, 1.165) is 37.8 Å². The number of hydrogen-bond donors (Lipinski definition) is 1. The number of benzene rings is 3. The zero-order valence-corrected chi connectivity index (χ0v) is 25.1. The Bertz CT molecular complexity index is 1510. The van der Waals surface area contributed by atoms with Crippen LogP contribution in [-0.2, 0) is 16.2 Å². The molecule has 2 aliphatic heterocycles. The summed E-state index contributed by atoms with van der Waals surface area (Å²) in [6.45, 7) is 2.91. The summed E-state index contributed by atoms with van der Waals surface area (Å²) in [5, 5.41) is 9.86. The number of hydroxylamine groups is 2. The van der Waals surface area contributed by atoms with Crippen molar-refractivity contribution < 1.29 is 18.9 Å². The van der Waals surface area contributed by atoms with Crippen LogP contribution in [0.4, 0.5) is 4.79 Å². The minimum absolute atomic E-state index is 0.0617. The molecule has 1 aliphatic carbocycles. The first-order valence-corrected chi connectivity index (χ1v) is 15.7. The maximum atomic E-state index is 13.1. The van der Waals surface area contributed by atoms with Gasteiger partial charge in [0, 0.05) is 44.6 Å². The number of ether oxygens (including phenoxy) is 1. The van der Waals surface area contributed by atoms with E-state index in [2.05, 4.69) is 71.1 Å². The van der Waals surface area contributed by atoms with Gasteiger partial charge in [-0.1, -0.05) is 84.0 Å². The molecule has 1 N–H and O–H groups in total. The van der Waals surface area contributed by atoms with Gasteiger partial charge in [-0.2, -0.15) is 10.0 Å². The van der Waals surface area contributed by atoms with Crippen LogP contribution in [0.15, 0.2) is 83.4 Å². The number of nitrogens with one attached hydrogen (secondary N) is 1. The van der Waals surface area contributed by atoms with Crippen molar-refractivity contribution in [3.05, 3.63) is 107 Å². The molecule has 0 saturated carbocycles. The topological polar surface area (TPSA) is 93.0 Å². The predicted octanol–water partition coefficient (Wildman–Crippen LogP) is 6.05. The van der Waals surface area contributed by atoms with Gasteiger partial charge in [0.05, 0.1) is 12.6 Å². The van der Waals surface area contributed by atoms with E-state index in [0.29, 0.717) is 38.0 Å². The van der Waals surface area contributed by atoms with Crippen LogP contribution in [0.3, 0.4) is 0 Å². The molecule has 3 aromatic carbocycles. The molecular formula is C35H39N5O4. The number of likely N-dealkylation sites (tertiary alicyclic amines) is 1. The monoisotopic (exact) mass is 593 g/mol. The predicted molar refractivity (Wildman–Crippen MR) is 166 cm³/mol. The molecule has 2 atom stereocenters. The van der Waals surface area contributed by atoms with Gasteiger partial charge in [-0.15, -0.1) is 0 Å². The molecule has 9 heteroatoms. The molecule has 2 saturated heterocycles. The van der Waals surface area contributed by atoms with Gasteiger partial charge >= 0.3 is 6.09 Å². The minimum atomic E-state index is -0.254. The number of rotatable bonds is 8. The van der Waals surface area contributed by atoms with E-state index in [1.165, 1.54) is 22.3 Å². The number of hydrogen-bond acceptors (Lipinski definition) is 8. The van der Waals surface area contributed by atoms with Crippen LogP contribution in [0.2, 0.25) is 0 Å². The highest BCUT2D eigenvalue weighted by Crippen LogP contribution is 2.44. The molecule has 9 nitrogen and oxygen atoms in total. The number of piperidine rings is 2. The largest absolute Gasteiger partial charge is 0.448 e. The third-order valence-electron chi connectivity index (χ3n) is 9.39. The Labute approximate surface area is 258 Å². The van der Waals surface area contributed by atoms with Crippen LogP contribution < -0.4 is 5.32 Å². The fourth-order valence-corrected chi connectivity index (χ4v) is 6.78. The smallest absolute Gasteiger partial charge is 0.409 e. The highest BCUT2D eigenvalue weighted by molar-refractivity contribution is 5.79. The van der Waals surface area contributed by atoms with E-state index in [1.807, 2.05) is 30.3 Å². The molecule has 228 valence electrons. The lowest BCUT2D eigenvalue weighted by Crippen LogP contribution is -2.45. The van der Waals surface area contributed by atoms with Gasteiger partial charge in [0.15, 0.2) is 5.82 Å². The first-order chi connectivity index (χ1) is 21.6. The summed E-state index contributed by atoms with van der Waals surface area (Å²) in [5.41, 5.74) is 6.06. The lowest BCUT2D eigenvalue weighted by atomic mass is 9.96. The lowest BCUT2D eigenvalue weighted by molar-refractivity contribution is -0.182. The summed E-state index contributed by atoms with van der Waals surface area (Å²) in [5.74, 6) is 1.58. The van der Waals surface area contributed by atoms with Crippen molar-refractivity contribution in [2.45, 2.75) is 56.2 Å². The van der Waals surface area contributed by atoms with E-state index in [4.69, 9.17) is 19.1 Å². The summed E-state index contributed by atoms with van der Waals surface area (Å²) in [7, 11) is 2.00. The second-order valence-electron chi connectivity index (χ2n) is 12.1. The normalized spacial score (nSPS) is 20.5. The molecule has 44 heavy (non-hydrogen) atoms. The van der Waals surface area contributed by atoms with Crippen molar-refractivity contribution in [1.29, 1.82) is 0 Å². The summed E-state index contributed by atoms with van der Waals surface area (Å²) in [6.07, 6.45) is 3.18. The SMILES string of the molecule is CN(OCc1ccccc1)[C@@H]1CC[C@@H](c2noc(C3CCN(C(=O)OCC4c5ccccc5-c5ccccc54)CC3)n2)NC1. The van der Waals surface area contributed by atoms with Gasteiger partial charge in [-0.05, 0) is 53.5 Å². The van der Waals surface area contributed by atoms with Gasteiger partial charge < -0.3 is 19.5 Å². The minimum Gasteiger partial charge on any atom is -0.448 e. The third-order valence-corrected chi connectivity index (χ3v) is 9.39. The molecule has 0 bridgehead atoms. The second kappa shape index (κ2) is 12.9. The molecule has 4 aromatic rings.